The number of aliphatic carboxylic acids is 1. The van der Waals surface area contributed by atoms with Crippen molar-refractivity contribution in [2.24, 2.45) is 0 Å². The first-order valence-corrected chi connectivity index (χ1v) is 6.68. The van der Waals surface area contributed by atoms with Gasteiger partial charge in [-0.1, -0.05) is 6.42 Å². The molecular formula is C13H15NO2S. The molecule has 17 heavy (non-hydrogen) atoms. The van der Waals surface area contributed by atoms with Crippen molar-refractivity contribution in [2.75, 3.05) is 0 Å². The van der Waals surface area contributed by atoms with Gasteiger partial charge in [-0.2, -0.15) is 0 Å². The van der Waals surface area contributed by atoms with Gasteiger partial charge in [0.05, 0.1) is 0 Å². The van der Waals surface area contributed by atoms with Crippen LogP contribution in [0, 0.1) is 0 Å². The maximum Gasteiger partial charge on any atom is 0.303 e. The Balaban J connectivity index is 1.86. The van der Waals surface area contributed by atoms with Crippen LogP contribution >= 0.6 is 11.3 Å². The monoisotopic (exact) mass is 249 g/mol. The molecule has 2 aromatic heterocycles. The van der Waals surface area contributed by atoms with E-state index in [0.29, 0.717) is 0 Å². The molecule has 0 amide bonds. The Bertz CT molecular complexity index is 507. The van der Waals surface area contributed by atoms with E-state index in [9.17, 15) is 4.79 Å². The minimum Gasteiger partial charge on any atom is -0.481 e. The van der Waals surface area contributed by atoms with Gasteiger partial charge in [0.2, 0.25) is 0 Å². The SMILES string of the molecule is O=C(O)CCCCCc1ccnc2sccc12. The van der Waals surface area contributed by atoms with Crippen LogP contribution in [0.4, 0.5) is 0 Å². The fraction of sp³-hybridized carbons (Fsp3) is 0.385. The normalized spacial score (nSPS) is 10.8. The highest BCUT2D eigenvalue weighted by molar-refractivity contribution is 7.16. The summed E-state index contributed by atoms with van der Waals surface area (Å²) >= 11 is 1.66. The van der Waals surface area contributed by atoms with Gasteiger partial charge in [-0.05, 0) is 42.3 Å². The summed E-state index contributed by atoms with van der Waals surface area (Å²) in [5.74, 6) is -0.700. The number of pyridine rings is 1. The van der Waals surface area contributed by atoms with Crippen LogP contribution in [-0.4, -0.2) is 16.1 Å². The van der Waals surface area contributed by atoms with Crippen molar-refractivity contribution in [3.05, 3.63) is 29.3 Å². The van der Waals surface area contributed by atoms with Crippen LogP contribution in [0.5, 0.6) is 0 Å². The number of carbonyl (C=O) groups is 1. The molecule has 2 rings (SSSR count). The second kappa shape index (κ2) is 5.77. The molecule has 90 valence electrons. The Kier molecular flexibility index (Phi) is 4.09. The summed E-state index contributed by atoms with van der Waals surface area (Å²) in [5, 5.41) is 11.8. The van der Waals surface area contributed by atoms with Gasteiger partial charge in [-0.25, -0.2) is 4.98 Å². The highest BCUT2D eigenvalue weighted by Gasteiger charge is 2.03. The van der Waals surface area contributed by atoms with Gasteiger partial charge in [0.1, 0.15) is 4.83 Å². The largest absolute Gasteiger partial charge is 0.481 e. The molecule has 0 aromatic carbocycles. The fourth-order valence-electron chi connectivity index (χ4n) is 1.92. The third-order valence-electron chi connectivity index (χ3n) is 2.80. The summed E-state index contributed by atoms with van der Waals surface area (Å²) < 4.78 is 0. The number of hydrogen-bond acceptors (Lipinski definition) is 3. The third-order valence-corrected chi connectivity index (χ3v) is 3.62. The van der Waals surface area contributed by atoms with Gasteiger partial charge < -0.3 is 5.11 Å². The molecule has 0 bridgehead atoms. The molecule has 2 aromatic rings. The zero-order chi connectivity index (χ0) is 12.1. The van der Waals surface area contributed by atoms with Crippen molar-refractivity contribution in [2.45, 2.75) is 32.1 Å². The maximum atomic E-state index is 10.4. The summed E-state index contributed by atoms with van der Waals surface area (Å²) in [4.78, 5) is 15.8. The summed E-state index contributed by atoms with van der Waals surface area (Å²) in [6.45, 7) is 0. The minimum atomic E-state index is -0.700. The highest BCUT2D eigenvalue weighted by atomic mass is 32.1. The maximum absolute atomic E-state index is 10.4. The molecule has 0 atom stereocenters. The van der Waals surface area contributed by atoms with Crippen molar-refractivity contribution in [3.8, 4) is 0 Å². The number of thiophene rings is 1. The second-order valence-corrected chi connectivity index (χ2v) is 4.96. The average molecular weight is 249 g/mol. The van der Waals surface area contributed by atoms with Crippen LogP contribution in [0.15, 0.2) is 23.7 Å². The number of hydrogen-bond donors (Lipinski definition) is 1. The number of unbranched alkanes of at least 4 members (excludes halogenated alkanes) is 2. The predicted octanol–water partition coefficient (Wildman–Crippen LogP) is 3.48. The van der Waals surface area contributed by atoms with Crippen molar-refractivity contribution >= 4 is 27.5 Å². The molecule has 2 heterocycles. The van der Waals surface area contributed by atoms with Crippen LogP contribution in [0.1, 0.15) is 31.2 Å². The Morgan fingerprint density at radius 3 is 3.00 bits per heavy atom. The Morgan fingerprint density at radius 1 is 1.29 bits per heavy atom. The van der Waals surface area contributed by atoms with Gasteiger partial charge in [-0.15, -0.1) is 11.3 Å². The van der Waals surface area contributed by atoms with Crippen LogP contribution in [0.25, 0.3) is 10.2 Å². The van der Waals surface area contributed by atoms with Crippen molar-refractivity contribution in [3.63, 3.8) is 0 Å². The fourth-order valence-corrected chi connectivity index (χ4v) is 2.70. The smallest absolute Gasteiger partial charge is 0.303 e. The number of nitrogens with zero attached hydrogens (tertiary/aromatic N) is 1. The second-order valence-electron chi connectivity index (χ2n) is 4.06. The highest BCUT2D eigenvalue weighted by Crippen LogP contribution is 2.23. The number of carboxylic acid groups (broad SMARTS) is 1. The topological polar surface area (TPSA) is 50.2 Å². The number of fused-ring (bicyclic) bond motifs is 1. The van der Waals surface area contributed by atoms with E-state index >= 15 is 0 Å². The Hall–Kier alpha value is -1.42. The lowest BCUT2D eigenvalue weighted by atomic mass is 10.0. The summed E-state index contributed by atoms with van der Waals surface area (Å²) in [7, 11) is 0. The molecule has 4 heteroatoms. The van der Waals surface area contributed by atoms with Crippen LogP contribution in [-0.2, 0) is 11.2 Å². The molecule has 1 N–H and O–H groups in total. The van der Waals surface area contributed by atoms with E-state index in [4.69, 9.17) is 5.11 Å². The molecular weight excluding hydrogens is 234 g/mol. The summed E-state index contributed by atoms with van der Waals surface area (Å²) in [6, 6.07) is 4.17. The molecule has 0 aliphatic rings. The van der Waals surface area contributed by atoms with Crippen molar-refractivity contribution in [1.29, 1.82) is 0 Å². The van der Waals surface area contributed by atoms with Crippen molar-refractivity contribution < 1.29 is 9.90 Å². The molecule has 0 saturated carbocycles. The standard InChI is InChI=1S/C13H15NO2S/c15-12(16)5-3-1-2-4-10-6-8-14-13-11(10)7-9-17-13/h6-9H,1-5H2,(H,15,16). The first-order chi connectivity index (χ1) is 8.27. The van der Waals surface area contributed by atoms with E-state index in [0.717, 1.165) is 30.5 Å². The molecule has 0 spiro atoms. The van der Waals surface area contributed by atoms with Gasteiger partial charge >= 0.3 is 5.97 Å². The van der Waals surface area contributed by atoms with Gasteiger partial charge in [0, 0.05) is 18.0 Å². The molecule has 0 fully saturated rings. The lowest BCUT2D eigenvalue weighted by molar-refractivity contribution is -0.137. The number of aryl methyl sites for hydroxylation is 1. The van der Waals surface area contributed by atoms with Gasteiger partial charge in [-0.3, -0.25) is 4.79 Å². The molecule has 0 aliphatic heterocycles. The molecule has 0 unspecified atom stereocenters. The van der Waals surface area contributed by atoms with E-state index in [-0.39, 0.29) is 6.42 Å². The molecule has 0 aliphatic carbocycles. The minimum absolute atomic E-state index is 0.282. The zero-order valence-corrected chi connectivity index (χ0v) is 10.4. The van der Waals surface area contributed by atoms with Gasteiger partial charge in [0.15, 0.2) is 0 Å². The number of aromatic nitrogens is 1. The first kappa shape index (κ1) is 12.0. The quantitative estimate of drug-likeness (QED) is 0.797. The summed E-state index contributed by atoms with van der Waals surface area (Å²) in [5.41, 5.74) is 1.33. The predicted molar refractivity (Wildman–Crippen MR) is 69.4 cm³/mol. The first-order valence-electron chi connectivity index (χ1n) is 5.80. The lowest BCUT2D eigenvalue weighted by Crippen LogP contribution is -1.94. The lowest BCUT2D eigenvalue weighted by Gasteiger charge is -2.02. The number of rotatable bonds is 6. The molecule has 0 saturated heterocycles. The zero-order valence-electron chi connectivity index (χ0n) is 9.56. The third kappa shape index (κ3) is 3.27. The van der Waals surface area contributed by atoms with Crippen molar-refractivity contribution in [1.82, 2.24) is 4.98 Å². The summed E-state index contributed by atoms with van der Waals surface area (Å²) in [6.07, 6.45) is 5.93. The molecule has 3 nitrogen and oxygen atoms in total. The van der Waals surface area contributed by atoms with E-state index in [1.807, 2.05) is 6.20 Å². The Morgan fingerprint density at radius 2 is 2.18 bits per heavy atom. The van der Waals surface area contributed by atoms with Gasteiger partial charge in [0.25, 0.3) is 0 Å². The Labute approximate surface area is 104 Å². The molecule has 0 radical (unpaired) electrons. The van der Waals surface area contributed by atoms with E-state index in [2.05, 4.69) is 22.5 Å². The van der Waals surface area contributed by atoms with Crippen LogP contribution in [0.3, 0.4) is 0 Å². The average Bonchev–Trinajstić information content (AvgIpc) is 2.77. The van der Waals surface area contributed by atoms with E-state index in [1.165, 1.54) is 10.9 Å². The van der Waals surface area contributed by atoms with E-state index in [1.54, 1.807) is 11.3 Å². The van der Waals surface area contributed by atoms with E-state index < -0.39 is 5.97 Å². The van der Waals surface area contributed by atoms with Crippen LogP contribution in [0.2, 0.25) is 0 Å². The number of carboxylic acids is 1. The van der Waals surface area contributed by atoms with Crippen LogP contribution < -0.4 is 0 Å².